The highest BCUT2D eigenvalue weighted by Crippen LogP contribution is 2.40. The van der Waals surface area contributed by atoms with Crippen molar-refractivity contribution in [1.29, 1.82) is 0 Å². The highest BCUT2D eigenvalue weighted by molar-refractivity contribution is 6.23. The fraction of sp³-hybridized carbons (Fsp3) is 0.0323. The van der Waals surface area contributed by atoms with Gasteiger partial charge in [-0.1, -0.05) is 72.8 Å². The first-order valence-electron chi connectivity index (χ1n) is 11.5. The topological polar surface area (TPSA) is 9.34 Å². The van der Waals surface area contributed by atoms with Crippen molar-refractivity contribution in [2.24, 2.45) is 0 Å². The largest absolute Gasteiger partial charge is 0.336 e. The minimum Gasteiger partial charge on any atom is -0.336 e. The average molecular weight is 421 g/mol. The number of hydrogen-bond acceptors (Lipinski definition) is 0. The summed E-state index contributed by atoms with van der Waals surface area (Å²) in [7, 11) is 0. The summed E-state index contributed by atoms with van der Waals surface area (Å²) in [6.45, 7) is 0.846. The molecule has 0 aliphatic carbocycles. The molecule has 2 nitrogen and oxygen atoms in total. The number of para-hydroxylation sites is 4. The SMILES string of the molecule is c1ccc2c(c1)c1ccccc1n2Cc1cc2c3ccccc3n3c4ccccc4c(c1)c23. The van der Waals surface area contributed by atoms with E-state index in [9.17, 15) is 0 Å². The van der Waals surface area contributed by atoms with Gasteiger partial charge < -0.3 is 8.97 Å². The maximum absolute atomic E-state index is 2.47. The molecule has 154 valence electrons. The van der Waals surface area contributed by atoms with Gasteiger partial charge in [0.2, 0.25) is 0 Å². The van der Waals surface area contributed by atoms with E-state index in [4.69, 9.17) is 0 Å². The Hall–Kier alpha value is -4.30. The molecule has 5 aromatic carbocycles. The second-order valence-corrected chi connectivity index (χ2v) is 9.03. The van der Waals surface area contributed by atoms with Gasteiger partial charge in [0, 0.05) is 49.9 Å². The summed E-state index contributed by atoms with van der Waals surface area (Å²) in [6.07, 6.45) is 0. The lowest BCUT2D eigenvalue weighted by Gasteiger charge is -2.09. The molecule has 0 radical (unpaired) electrons. The van der Waals surface area contributed by atoms with Gasteiger partial charge in [0.1, 0.15) is 0 Å². The number of hydrogen-bond donors (Lipinski definition) is 0. The third-order valence-electron chi connectivity index (χ3n) is 7.28. The fourth-order valence-corrected chi connectivity index (χ4v) is 5.96. The molecule has 8 rings (SSSR count). The minimum atomic E-state index is 0.846. The van der Waals surface area contributed by atoms with Gasteiger partial charge in [-0.3, -0.25) is 0 Å². The van der Waals surface area contributed by atoms with Gasteiger partial charge >= 0.3 is 0 Å². The van der Waals surface area contributed by atoms with Crippen molar-refractivity contribution in [2.75, 3.05) is 0 Å². The molecule has 8 aromatic rings. The molecular weight excluding hydrogens is 400 g/mol. The van der Waals surface area contributed by atoms with E-state index in [1.807, 2.05) is 0 Å². The van der Waals surface area contributed by atoms with Gasteiger partial charge in [0.05, 0.1) is 16.6 Å². The third-order valence-corrected chi connectivity index (χ3v) is 7.28. The molecule has 0 aliphatic rings. The average Bonchev–Trinajstić information content (AvgIpc) is 3.49. The molecule has 0 N–H and O–H groups in total. The molecule has 0 aliphatic heterocycles. The van der Waals surface area contributed by atoms with Crippen LogP contribution in [0.25, 0.3) is 59.9 Å². The molecule has 0 amide bonds. The maximum atomic E-state index is 2.47. The molecule has 0 saturated carbocycles. The van der Waals surface area contributed by atoms with E-state index in [2.05, 4.69) is 118 Å². The molecule has 3 heterocycles. The molecule has 33 heavy (non-hydrogen) atoms. The van der Waals surface area contributed by atoms with Crippen LogP contribution in [0.15, 0.2) is 109 Å². The van der Waals surface area contributed by atoms with Crippen LogP contribution >= 0.6 is 0 Å². The Labute approximate surface area is 190 Å². The Balaban J connectivity index is 1.48. The van der Waals surface area contributed by atoms with Crippen LogP contribution in [0.3, 0.4) is 0 Å². The van der Waals surface area contributed by atoms with Crippen LogP contribution in [0.2, 0.25) is 0 Å². The molecule has 0 atom stereocenters. The first-order valence-corrected chi connectivity index (χ1v) is 11.5. The van der Waals surface area contributed by atoms with Crippen molar-refractivity contribution in [3.05, 3.63) is 115 Å². The summed E-state index contributed by atoms with van der Waals surface area (Å²) in [4.78, 5) is 0. The van der Waals surface area contributed by atoms with E-state index < -0.39 is 0 Å². The van der Waals surface area contributed by atoms with Crippen LogP contribution in [-0.4, -0.2) is 8.97 Å². The van der Waals surface area contributed by atoms with Gasteiger partial charge in [0.15, 0.2) is 0 Å². The fourth-order valence-electron chi connectivity index (χ4n) is 5.96. The van der Waals surface area contributed by atoms with E-state index >= 15 is 0 Å². The van der Waals surface area contributed by atoms with E-state index in [0.29, 0.717) is 0 Å². The van der Waals surface area contributed by atoms with Crippen LogP contribution < -0.4 is 0 Å². The van der Waals surface area contributed by atoms with Crippen LogP contribution in [0.5, 0.6) is 0 Å². The Bertz CT molecular complexity index is 1860. The number of nitrogens with zero attached hydrogens (tertiary/aromatic N) is 2. The maximum Gasteiger partial charge on any atom is 0.0620 e. The predicted octanol–water partition coefficient (Wildman–Crippen LogP) is 7.99. The molecule has 0 spiro atoms. The Kier molecular flexibility index (Phi) is 3.22. The van der Waals surface area contributed by atoms with Gasteiger partial charge in [-0.25, -0.2) is 0 Å². The van der Waals surface area contributed by atoms with Crippen molar-refractivity contribution < 1.29 is 0 Å². The molecule has 0 saturated heterocycles. The summed E-state index contributed by atoms with van der Waals surface area (Å²) in [6, 6.07) is 39.9. The van der Waals surface area contributed by atoms with Crippen molar-refractivity contribution in [3.63, 3.8) is 0 Å². The number of rotatable bonds is 2. The zero-order chi connectivity index (χ0) is 21.5. The van der Waals surface area contributed by atoms with E-state index in [1.165, 1.54) is 65.5 Å². The van der Waals surface area contributed by atoms with E-state index in [-0.39, 0.29) is 0 Å². The molecule has 3 aromatic heterocycles. The molecular formula is C31H20N2. The first-order chi connectivity index (χ1) is 16.4. The van der Waals surface area contributed by atoms with Crippen LogP contribution in [-0.2, 0) is 6.54 Å². The lowest BCUT2D eigenvalue weighted by atomic mass is 10.0. The zero-order valence-electron chi connectivity index (χ0n) is 18.0. The highest BCUT2D eigenvalue weighted by Gasteiger charge is 2.18. The first kappa shape index (κ1) is 17.3. The van der Waals surface area contributed by atoms with Crippen LogP contribution in [0.1, 0.15) is 5.56 Å². The van der Waals surface area contributed by atoms with Crippen molar-refractivity contribution in [2.45, 2.75) is 6.54 Å². The summed E-state index contributed by atoms with van der Waals surface area (Å²) >= 11 is 0. The van der Waals surface area contributed by atoms with Crippen molar-refractivity contribution >= 4 is 59.9 Å². The highest BCUT2D eigenvalue weighted by atomic mass is 15.0. The Morgan fingerprint density at radius 1 is 0.424 bits per heavy atom. The predicted molar refractivity (Wildman–Crippen MR) is 140 cm³/mol. The molecule has 0 unspecified atom stereocenters. The summed E-state index contributed by atoms with van der Waals surface area (Å²) < 4.78 is 4.91. The van der Waals surface area contributed by atoms with Gasteiger partial charge in [-0.2, -0.15) is 0 Å². The molecule has 0 bridgehead atoms. The summed E-state index contributed by atoms with van der Waals surface area (Å²) in [5.41, 5.74) is 7.82. The lowest BCUT2D eigenvalue weighted by molar-refractivity contribution is 0.871. The second kappa shape index (κ2) is 6.14. The monoisotopic (exact) mass is 420 g/mol. The van der Waals surface area contributed by atoms with Gasteiger partial charge in [-0.15, -0.1) is 0 Å². The Morgan fingerprint density at radius 3 is 1.30 bits per heavy atom. The third kappa shape index (κ3) is 2.18. The molecule has 0 fully saturated rings. The van der Waals surface area contributed by atoms with Crippen molar-refractivity contribution in [1.82, 2.24) is 8.97 Å². The second-order valence-electron chi connectivity index (χ2n) is 9.03. The van der Waals surface area contributed by atoms with Crippen LogP contribution in [0, 0.1) is 0 Å². The van der Waals surface area contributed by atoms with Gasteiger partial charge in [0.25, 0.3) is 0 Å². The lowest BCUT2D eigenvalue weighted by Crippen LogP contribution is -1.99. The quantitative estimate of drug-likeness (QED) is 0.268. The smallest absolute Gasteiger partial charge is 0.0620 e. The zero-order valence-corrected chi connectivity index (χ0v) is 18.0. The van der Waals surface area contributed by atoms with E-state index in [0.717, 1.165) is 6.54 Å². The standard InChI is InChI=1S/C31H20N2/c1-5-13-27-21(9-1)22-10-2-6-14-28(22)32(27)19-20-17-25-23-11-3-7-15-29(23)33-30-16-8-4-12-24(30)26(18-20)31(25)33/h1-18H,19H2. The normalized spacial score (nSPS) is 12.4. The van der Waals surface area contributed by atoms with E-state index in [1.54, 1.807) is 0 Å². The van der Waals surface area contributed by atoms with Crippen LogP contribution in [0.4, 0.5) is 0 Å². The number of aromatic nitrogens is 2. The molecule has 2 heteroatoms. The summed E-state index contributed by atoms with van der Waals surface area (Å²) in [5, 5.41) is 7.98. The number of fused-ring (bicyclic) bond motifs is 9. The van der Waals surface area contributed by atoms with Crippen molar-refractivity contribution in [3.8, 4) is 0 Å². The summed E-state index contributed by atoms with van der Waals surface area (Å²) in [5.74, 6) is 0. The minimum absolute atomic E-state index is 0.846. The Morgan fingerprint density at radius 2 is 0.818 bits per heavy atom. The van der Waals surface area contributed by atoms with Gasteiger partial charge in [-0.05, 0) is 42.0 Å². The number of benzene rings is 5.